The van der Waals surface area contributed by atoms with E-state index in [1.165, 1.54) is 0 Å². The number of aryl methyl sites for hydroxylation is 2. The topological polar surface area (TPSA) is 68.0 Å². The molecule has 116 valence electrons. The number of nitrogens with one attached hydrogen (secondary N) is 1. The van der Waals surface area contributed by atoms with Crippen molar-refractivity contribution in [1.29, 1.82) is 0 Å². The first kappa shape index (κ1) is 19.7. The molecule has 7 heteroatoms. The van der Waals surface area contributed by atoms with Crippen molar-refractivity contribution in [1.82, 2.24) is 4.98 Å². The number of para-hydroxylation sites is 2. The molecule has 0 saturated carbocycles. The number of amides is 1. The summed E-state index contributed by atoms with van der Waals surface area (Å²) in [6.45, 7) is 1.99. The van der Waals surface area contributed by atoms with Gasteiger partial charge in [-0.3, -0.25) is 4.79 Å². The lowest BCUT2D eigenvalue weighted by Gasteiger charge is -2.07. The monoisotopic (exact) mass is 347 g/mol. The highest BCUT2D eigenvalue weighted by molar-refractivity contribution is 7.09. The molecular formula is C14H19Cl2N3OS. The number of nitrogens with two attached hydrogens (primary N) is 1. The standard InChI is InChI=1S/C14H17N3OS.2ClH/c1-10-16-11(9-19-10)5-4-8-14(18)17-13-7-3-2-6-12(13)15;;/h2-3,6-7,9H,4-5,8,15H2,1H3,(H,17,18);2*1H. The maximum Gasteiger partial charge on any atom is 0.224 e. The molecule has 0 radical (unpaired) electrons. The van der Waals surface area contributed by atoms with Gasteiger partial charge < -0.3 is 11.1 Å². The van der Waals surface area contributed by atoms with Gasteiger partial charge in [-0.15, -0.1) is 36.2 Å². The van der Waals surface area contributed by atoms with Crippen LogP contribution >= 0.6 is 36.2 Å². The Morgan fingerprint density at radius 2 is 2.05 bits per heavy atom. The first-order valence-corrected chi connectivity index (χ1v) is 7.08. The number of anilines is 2. The van der Waals surface area contributed by atoms with Crippen LogP contribution in [0.15, 0.2) is 29.6 Å². The van der Waals surface area contributed by atoms with E-state index in [4.69, 9.17) is 5.73 Å². The van der Waals surface area contributed by atoms with Crippen molar-refractivity contribution in [3.8, 4) is 0 Å². The summed E-state index contributed by atoms with van der Waals surface area (Å²) >= 11 is 1.64. The maximum absolute atomic E-state index is 11.8. The van der Waals surface area contributed by atoms with Crippen LogP contribution in [0.4, 0.5) is 11.4 Å². The normalized spacial score (nSPS) is 9.38. The molecule has 1 heterocycles. The van der Waals surface area contributed by atoms with Gasteiger partial charge in [0.05, 0.1) is 22.1 Å². The number of thiazole rings is 1. The summed E-state index contributed by atoms with van der Waals surface area (Å²) in [7, 11) is 0. The zero-order valence-corrected chi connectivity index (χ0v) is 14.1. The molecule has 0 spiro atoms. The number of aromatic nitrogens is 1. The van der Waals surface area contributed by atoms with Crippen LogP contribution in [0, 0.1) is 6.92 Å². The third-order valence-corrected chi connectivity index (χ3v) is 3.56. The van der Waals surface area contributed by atoms with E-state index in [1.807, 2.05) is 24.4 Å². The van der Waals surface area contributed by atoms with Crippen molar-refractivity contribution in [3.63, 3.8) is 0 Å². The molecule has 0 aliphatic rings. The third-order valence-electron chi connectivity index (χ3n) is 2.74. The summed E-state index contributed by atoms with van der Waals surface area (Å²) < 4.78 is 0. The molecule has 0 saturated heterocycles. The van der Waals surface area contributed by atoms with Gasteiger partial charge in [-0.1, -0.05) is 12.1 Å². The van der Waals surface area contributed by atoms with Crippen LogP contribution < -0.4 is 11.1 Å². The number of hydrogen-bond acceptors (Lipinski definition) is 4. The predicted octanol–water partition coefficient (Wildman–Crippen LogP) is 3.84. The fraction of sp³-hybridized carbons (Fsp3) is 0.286. The van der Waals surface area contributed by atoms with Gasteiger partial charge in [-0.2, -0.15) is 0 Å². The molecule has 0 fully saturated rings. The van der Waals surface area contributed by atoms with Gasteiger partial charge in [-0.05, 0) is 31.9 Å². The molecule has 1 aromatic carbocycles. The fourth-order valence-electron chi connectivity index (χ4n) is 1.78. The van der Waals surface area contributed by atoms with Crippen LogP contribution in [-0.4, -0.2) is 10.9 Å². The lowest BCUT2D eigenvalue weighted by atomic mass is 10.2. The van der Waals surface area contributed by atoms with E-state index in [-0.39, 0.29) is 30.7 Å². The molecule has 4 nitrogen and oxygen atoms in total. The van der Waals surface area contributed by atoms with E-state index < -0.39 is 0 Å². The summed E-state index contributed by atoms with van der Waals surface area (Å²) in [6, 6.07) is 7.27. The average Bonchev–Trinajstić information content (AvgIpc) is 2.78. The Balaban J connectivity index is 0.00000200. The minimum Gasteiger partial charge on any atom is -0.397 e. The highest BCUT2D eigenvalue weighted by atomic mass is 35.5. The lowest BCUT2D eigenvalue weighted by molar-refractivity contribution is -0.116. The van der Waals surface area contributed by atoms with Gasteiger partial charge in [0.15, 0.2) is 0 Å². The molecule has 0 atom stereocenters. The summed E-state index contributed by atoms with van der Waals surface area (Å²) in [4.78, 5) is 16.1. The van der Waals surface area contributed by atoms with Crippen molar-refractivity contribution in [2.24, 2.45) is 0 Å². The van der Waals surface area contributed by atoms with Crippen molar-refractivity contribution < 1.29 is 4.79 Å². The molecule has 0 aliphatic heterocycles. The highest BCUT2D eigenvalue weighted by Crippen LogP contribution is 2.17. The van der Waals surface area contributed by atoms with Crippen molar-refractivity contribution >= 4 is 53.4 Å². The van der Waals surface area contributed by atoms with Gasteiger partial charge in [-0.25, -0.2) is 4.98 Å². The minimum atomic E-state index is -0.00940. The molecule has 2 aromatic rings. The Morgan fingerprint density at radius 3 is 2.67 bits per heavy atom. The summed E-state index contributed by atoms with van der Waals surface area (Å²) in [5.74, 6) is -0.00940. The van der Waals surface area contributed by atoms with Crippen molar-refractivity contribution in [2.75, 3.05) is 11.1 Å². The third kappa shape index (κ3) is 6.33. The van der Waals surface area contributed by atoms with E-state index in [9.17, 15) is 4.79 Å². The van der Waals surface area contributed by atoms with E-state index in [0.717, 1.165) is 23.5 Å². The largest absolute Gasteiger partial charge is 0.397 e. The number of carbonyl (C=O) groups is 1. The van der Waals surface area contributed by atoms with E-state index in [0.29, 0.717) is 17.8 Å². The number of halogens is 2. The van der Waals surface area contributed by atoms with Crippen molar-refractivity contribution in [2.45, 2.75) is 26.2 Å². The van der Waals surface area contributed by atoms with Gasteiger partial charge in [0.1, 0.15) is 0 Å². The number of hydrogen-bond donors (Lipinski definition) is 2. The number of nitrogens with zero attached hydrogens (tertiary/aromatic N) is 1. The van der Waals surface area contributed by atoms with E-state index in [2.05, 4.69) is 10.3 Å². The van der Waals surface area contributed by atoms with Crippen LogP contribution in [-0.2, 0) is 11.2 Å². The Bertz CT molecular complexity index is 575. The second-order valence-electron chi connectivity index (χ2n) is 4.35. The number of benzene rings is 1. The van der Waals surface area contributed by atoms with Crippen LogP contribution in [0.2, 0.25) is 0 Å². The fourth-order valence-corrected chi connectivity index (χ4v) is 2.42. The molecule has 21 heavy (non-hydrogen) atoms. The zero-order valence-electron chi connectivity index (χ0n) is 11.7. The van der Waals surface area contributed by atoms with Crippen LogP contribution in [0.25, 0.3) is 0 Å². The molecule has 1 amide bonds. The van der Waals surface area contributed by atoms with E-state index >= 15 is 0 Å². The minimum absolute atomic E-state index is 0. The summed E-state index contributed by atoms with van der Waals surface area (Å²) in [5, 5.41) is 5.93. The number of nitrogen functional groups attached to an aromatic ring is 1. The van der Waals surface area contributed by atoms with Crippen LogP contribution in [0.1, 0.15) is 23.5 Å². The number of rotatable bonds is 5. The van der Waals surface area contributed by atoms with Crippen LogP contribution in [0.3, 0.4) is 0 Å². The molecule has 1 aromatic heterocycles. The molecule has 2 rings (SSSR count). The van der Waals surface area contributed by atoms with Crippen LogP contribution in [0.5, 0.6) is 0 Å². The quantitative estimate of drug-likeness (QED) is 0.807. The summed E-state index contributed by atoms with van der Waals surface area (Å²) in [5.41, 5.74) is 8.10. The first-order valence-electron chi connectivity index (χ1n) is 6.20. The smallest absolute Gasteiger partial charge is 0.224 e. The first-order chi connectivity index (χ1) is 9.15. The predicted molar refractivity (Wildman–Crippen MR) is 93.8 cm³/mol. The molecule has 0 bridgehead atoms. The summed E-state index contributed by atoms with van der Waals surface area (Å²) in [6.07, 6.45) is 2.11. The van der Waals surface area contributed by atoms with Gasteiger partial charge >= 0.3 is 0 Å². The highest BCUT2D eigenvalue weighted by Gasteiger charge is 2.05. The van der Waals surface area contributed by atoms with Gasteiger partial charge in [0.2, 0.25) is 5.91 Å². The second kappa shape index (κ2) is 9.60. The van der Waals surface area contributed by atoms with Gasteiger partial charge in [0, 0.05) is 11.8 Å². The Morgan fingerprint density at radius 1 is 1.33 bits per heavy atom. The second-order valence-corrected chi connectivity index (χ2v) is 5.41. The van der Waals surface area contributed by atoms with E-state index in [1.54, 1.807) is 23.5 Å². The zero-order chi connectivity index (χ0) is 13.7. The number of carbonyl (C=O) groups excluding carboxylic acids is 1. The average molecular weight is 348 g/mol. The molecule has 0 aliphatic carbocycles. The molecule has 3 N–H and O–H groups in total. The Labute approximate surface area is 141 Å². The SMILES string of the molecule is Cc1nc(CCCC(=O)Nc2ccccc2N)cs1.Cl.Cl. The lowest BCUT2D eigenvalue weighted by Crippen LogP contribution is -2.12. The maximum atomic E-state index is 11.8. The molecular weight excluding hydrogens is 329 g/mol. The molecule has 0 unspecified atom stereocenters. The Hall–Kier alpha value is -1.30. The van der Waals surface area contributed by atoms with Crippen molar-refractivity contribution in [3.05, 3.63) is 40.3 Å². The van der Waals surface area contributed by atoms with Gasteiger partial charge in [0.25, 0.3) is 0 Å². The Kier molecular flexibility index (Phi) is 9.01.